The van der Waals surface area contributed by atoms with Crippen molar-refractivity contribution in [1.29, 1.82) is 0 Å². The van der Waals surface area contributed by atoms with Gasteiger partial charge in [-0.05, 0) is 19.1 Å². The molecule has 0 atom stereocenters. The fourth-order valence-electron chi connectivity index (χ4n) is 1.87. The van der Waals surface area contributed by atoms with Crippen LogP contribution in [-0.4, -0.2) is 41.0 Å². The predicted molar refractivity (Wildman–Crippen MR) is 71.0 cm³/mol. The molecular weight excluding hydrogens is 218 g/mol. The van der Waals surface area contributed by atoms with Crippen LogP contribution in [0.2, 0.25) is 0 Å². The summed E-state index contributed by atoms with van der Waals surface area (Å²) >= 11 is 2.05. The second-order valence-electron chi connectivity index (χ2n) is 3.95. The third kappa shape index (κ3) is 3.39. The number of hydrogen-bond acceptors (Lipinski definition) is 4. The first-order valence-corrected chi connectivity index (χ1v) is 7.03. The minimum absolute atomic E-state index is 0.962. The molecule has 1 aliphatic rings. The first-order chi connectivity index (χ1) is 7.88. The van der Waals surface area contributed by atoms with Crippen LogP contribution in [0.15, 0.2) is 18.3 Å². The number of nitrogens with one attached hydrogen (secondary N) is 1. The van der Waals surface area contributed by atoms with Crippen LogP contribution in [0.5, 0.6) is 0 Å². The molecule has 1 aromatic rings. The standard InChI is InChI=1S/C12H19N3S/c1-2-13-11-3-4-14-12(9-11)10-15-5-7-16-8-6-15/h3-4,9H,2,5-8,10H2,1H3,(H,13,14). The summed E-state index contributed by atoms with van der Waals surface area (Å²) in [6.45, 7) is 6.45. The van der Waals surface area contributed by atoms with Crippen molar-refractivity contribution >= 4 is 17.4 Å². The molecule has 1 aromatic heterocycles. The van der Waals surface area contributed by atoms with E-state index in [2.05, 4.69) is 28.2 Å². The molecule has 0 unspecified atom stereocenters. The van der Waals surface area contributed by atoms with Gasteiger partial charge in [0.15, 0.2) is 0 Å². The SMILES string of the molecule is CCNc1ccnc(CN2CCSCC2)c1. The summed E-state index contributed by atoms with van der Waals surface area (Å²) in [5.74, 6) is 2.51. The van der Waals surface area contributed by atoms with E-state index < -0.39 is 0 Å². The van der Waals surface area contributed by atoms with Gasteiger partial charge in [0.05, 0.1) is 5.69 Å². The van der Waals surface area contributed by atoms with E-state index in [-0.39, 0.29) is 0 Å². The molecule has 2 rings (SSSR count). The average molecular weight is 237 g/mol. The molecule has 0 amide bonds. The van der Waals surface area contributed by atoms with Gasteiger partial charge in [-0.2, -0.15) is 11.8 Å². The Kier molecular flexibility index (Phi) is 4.48. The average Bonchev–Trinajstić information content (AvgIpc) is 2.31. The van der Waals surface area contributed by atoms with Gasteiger partial charge in [-0.15, -0.1) is 0 Å². The first kappa shape index (κ1) is 11.7. The van der Waals surface area contributed by atoms with Gasteiger partial charge in [-0.3, -0.25) is 9.88 Å². The zero-order valence-electron chi connectivity index (χ0n) is 9.78. The second kappa shape index (κ2) is 6.11. The summed E-state index contributed by atoms with van der Waals surface area (Å²) in [6.07, 6.45) is 1.89. The molecule has 0 spiro atoms. The maximum Gasteiger partial charge on any atom is 0.0564 e. The van der Waals surface area contributed by atoms with Crippen molar-refractivity contribution in [3.63, 3.8) is 0 Å². The van der Waals surface area contributed by atoms with E-state index in [0.717, 1.165) is 13.1 Å². The van der Waals surface area contributed by atoms with Crippen LogP contribution in [0, 0.1) is 0 Å². The molecule has 0 aliphatic carbocycles. The largest absolute Gasteiger partial charge is 0.385 e. The molecule has 3 nitrogen and oxygen atoms in total. The lowest BCUT2D eigenvalue weighted by Gasteiger charge is -2.25. The van der Waals surface area contributed by atoms with Crippen molar-refractivity contribution < 1.29 is 0 Å². The Balaban J connectivity index is 1.94. The number of thioether (sulfide) groups is 1. The Labute approximate surface area is 102 Å². The molecule has 0 saturated carbocycles. The molecule has 1 fully saturated rings. The van der Waals surface area contributed by atoms with E-state index in [4.69, 9.17) is 0 Å². The molecule has 88 valence electrons. The number of hydrogen-bond donors (Lipinski definition) is 1. The van der Waals surface area contributed by atoms with Crippen molar-refractivity contribution in [2.75, 3.05) is 36.5 Å². The van der Waals surface area contributed by atoms with Crippen LogP contribution < -0.4 is 5.32 Å². The number of aromatic nitrogens is 1. The van der Waals surface area contributed by atoms with Crippen LogP contribution in [-0.2, 0) is 6.54 Å². The quantitative estimate of drug-likeness (QED) is 0.867. The lowest BCUT2D eigenvalue weighted by atomic mass is 10.3. The lowest BCUT2D eigenvalue weighted by Crippen LogP contribution is -2.32. The smallest absolute Gasteiger partial charge is 0.0564 e. The van der Waals surface area contributed by atoms with Gasteiger partial charge in [-0.1, -0.05) is 0 Å². The molecule has 0 radical (unpaired) electrons. The normalized spacial score (nSPS) is 17.3. The summed E-state index contributed by atoms with van der Waals surface area (Å²) in [5.41, 5.74) is 2.35. The third-order valence-electron chi connectivity index (χ3n) is 2.69. The maximum atomic E-state index is 4.43. The zero-order chi connectivity index (χ0) is 11.2. The van der Waals surface area contributed by atoms with Crippen LogP contribution in [0.1, 0.15) is 12.6 Å². The van der Waals surface area contributed by atoms with Gasteiger partial charge >= 0.3 is 0 Å². The van der Waals surface area contributed by atoms with Crippen LogP contribution in [0.25, 0.3) is 0 Å². The zero-order valence-corrected chi connectivity index (χ0v) is 10.6. The highest BCUT2D eigenvalue weighted by Crippen LogP contribution is 2.14. The molecular formula is C12H19N3S. The van der Waals surface area contributed by atoms with Gasteiger partial charge in [0, 0.05) is 49.6 Å². The van der Waals surface area contributed by atoms with Crippen molar-refractivity contribution in [2.24, 2.45) is 0 Å². The molecule has 4 heteroatoms. The molecule has 1 N–H and O–H groups in total. The fourth-order valence-corrected chi connectivity index (χ4v) is 2.85. The highest BCUT2D eigenvalue weighted by Gasteiger charge is 2.11. The highest BCUT2D eigenvalue weighted by molar-refractivity contribution is 7.99. The number of pyridine rings is 1. The van der Waals surface area contributed by atoms with E-state index in [9.17, 15) is 0 Å². The Morgan fingerprint density at radius 2 is 2.25 bits per heavy atom. The number of nitrogens with zero attached hydrogens (tertiary/aromatic N) is 2. The molecule has 1 aliphatic heterocycles. The van der Waals surface area contributed by atoms with Crippen molar-refractivity contribution in [1.82, 2.24) is 9.88 Å². The monoisotopic (exact) mass is 237 g/mol. The van der Waals surface area contributed by atoms with Crippen LogP contribution in [0.4, 0.5) is 5.69 Å². The second-order valence-corrected chi connectivity index (χ2v) is 5.18. The Bertz CT molecular complexity index is 324. The minimum Gasteiger partial charge on any atom is -0.385 e. The molecule has 1 saturated heterocycles. The summed E-state index contributed by atoms with van der Waals surface area (Å²) in [6, 6.07) is 4.18. The third-order valence-corrected chi connectivity index (χ3v) is 3.63. The fraction of sp³-hybridized carbons (Fsp3) is 0.583. The lowest BCUT2D eigenvalue weighted by molar-refractivity contribution is 0.291. The van der Waals surface area contributed by atoms with Crippen LogP contribution in [0.3, 0.4) is 0 Å². The molecule has 0 bridgehead atoms. The summed E-state index contributed by atoms with van der Waals surface area (Å²) in [7, 11) is 0. The minimum atomic E-state index is 0.962. The van der Waals surface area contributed by atoms with Gasteiger partial charge in [0.1, 0.15) is 0 Å². The van der Waals surface area contributed by atoms with E-state index >= 15 is 0 Å². The van der Waals surface area contributed by atoms with E-state index in [0.29, 0.717) is 0 Å². The van der Waals surface area contributed by atoms with Crippen LogP contribution >= 0.6 is 11.8 Å². The Morgan fingerprint density at radius 1 is 1.44 bits per heavy atom. The van der Waals surface area contributed by atoms with Crippen molar-refractivity contribution in [2.45, 2.75) is 13.5 Å². The first-order valence-electron chi connectivity index (χ1n) is 5.87. The van der Waals surface area contributed by atoms with Crippen molar-refractivity contribution in [3.05, 3.63) is 24.0 Å². The van der Waals surface area contributed by atoms with Gasteiger partial charge < -0.3 is 5.32 Å². The number of rotatable bonds is 4. The van der Waals surface area contributed by atoms with E-state index in [1.807, 2.05) is 24.0 Å². The molecule has 2 heterocycles. The molecule has 0 aromatic carbocycles. The highest BCUT2D eigenvalue weighted by atomic mass is 32.2. The summed E-state index contributed by atoms with van der Waals surface area (Å²) < 4.78 is 0. The molecule has 16 heavy (non-hydrogen) atoms. The van der Waals surface area contributed by atoms with Gasteiger partial charge in [0.25, 0.3) is 0 Å². The predicted octanol–water partition coefficient (Wildman–Crippen LogP) is 2.06. The van der Waals surface area contributed by atoms with E-state index in [1.54, 1.807) is 0 Å². The van der Waals surface area contributed by atoms with Gasteiger partial charge in [-0.25, -0.2) is 0 Å². The topological polar surface area (TPSA) is 28.2 Å². The number of anilines is 1. The van der Waals surface area contributed by atoms with E-state index in [1.165, 1.54) is 36.0 Å². The maximum absolute atomic E-state index is 4.43. The Hall–Kier alpha value is -0.740. The Morgan fingerprint density at radius 3 is 3.00 bits per heavy atom. The summed E-state index contributed by atoms with van der Waals surface area (Å²) in [5, 5.41) is 3.32. The summed E-state index contributed by atoms with van der Waals surface area (Å²) in [4.78, 5) is 6.91. The van der Waals surface area contributed by atoms with Crippen molar-refractivity contribution in [3.8, 4) is 0 Å². The van der Waals surface area contributed by atoms with Gasteiger partial charge in [0.2, 0.25) is 0 Å².